The third-order valence-electron chi connectivity index (χ3n) is 8.13. The predicted molar refractivity (Wildman–Crippen MR) is 183 cm³/mol. The van der Waals surface area contributed by atoms with Gasteiger partial charge in [0.1, 0.15) is 23.2 Å². The predicted octanol–water partition coefficient (Wildman–Crippen LogP) is 7.76. The first kappa shape index (κ1) is 30.9. The Bertz CT molecular complexity index is 1880. The van der Waals surface area contributed by atoms with Crippen LogP contribution in [0.15, 0.2) is 97.6 Å². The van der Waals surface area contributed by atoms with E-state index in [1.165, 1.54) is 0 Å². The summed E-state index contributed by atoms with van der Waals surface area (Å²) in [6, 6.07) is 24.2. The number of imidazole rings is 2. The maximum Gasteiger partial charge on any atom is 0.139 e. The zero-order valence-electron chi connectivity index (χ0n) is 26.2. The minimum Gasteiger partial charge on any atom is -0.493 e. The fraction of sp³-hybridized carbons (Fsp3) is 0.278. The Hall–Kier alpha value is -5.12. The fourth-order valence-corrected chi connectivity index (χ4v) is 5.49. The number of anilines is 3. The van der Waals surface area contributed by atoms with E-state index < -0.39 is 6.17 Å². The van der Waals surface area contributed by atoms with Crippen molar-refractivity contribution in [3.05, 3.63) is 97.6 Å². The van der Waals surface area contributed by atoms with Gasteiger partial charge in [-0.25, -0.2) is 14.4 Å². The number of alkyl halides is 2. The lowest BCUT2D eigenvalue weighted by Crippen LogP contribution is -2.34. The summed E-state index contributed by atoms with van der Waals surface area (Å²) < 4.78 is 34.9. The summed E-state index contributed by atoms with van der Waals surface area (Å²) in [5.41, 5.74) is 8.94. The molecule has 8 nitrogen and oxygen atoms in total. The molecule has 2 aromatic carbocycles. The van der Waals surface area contributed by atoms with Crippen molar-refractivity contribution in [3.63, 3.8) is 0 Å². The molecule has 0 aliphatic carbocycles. The third-order valence-corrected chi connectivity index (χ3v) is 8.13. The lowest BCUT2D eigenvalue weighted by Gasteiger charge is -2.30. The second-order valence-electron chi connectivity index (χ2n) is 11.2. The zero-order valence-corrected chi connectivity index (χ0v) is 26.2. The summed E-state index contributed by atoms with van der Waals surface area (Å²) in [5, 5.41) is 6.23. The van der Waals surface area contributed by atoms with Crippen molar-refractivity contribution < 1.29 is 13.5 Å². The van der Waals surface area contributed by atoms with Crippen molar-refractivity contribution in [2.24, 2.45) is 0 Å². The highest BCUT2D eigenvalue weighted by molar-refractivity contribution is 5.68. The Morgan fingerprint density at radius 1 is 0.783 bits per heavy atom. The van der Waals surface area contributed by atoms with Crippen LogP contribution in [0.5, 0.6) is 5.75 Å². The van der Waals surface area contributed by atoms with Gasteiger partial charge < -0.3 is 29.1 Å². The van der Waals surface area contributed by atoms with Crippen LogP contribution in [0.25, 0.3) is 33.8 Å². The van der Waals surface area contributed by atoms with Gasteiger partial charge in [-0.05, 0) is 49.2 Å². The van der Waals surface area contributed by atoms with Crippen LogP contribution < -0.4 is 20.3 Å². The molecule has 0 saturated carbocycles. The molecule has 0 radical (unpaired) electrons. The third kappa shape index (κ3) is 7.22. The Labute approximate surface area is 267 Å². The molecule has 1 saturated heterocycles. The topological polar surface area (TPSA) is 71.1 Å². The molecule has 10 heteroatoms. The molecular weight excluding hydrogens is 584 g/mol. The average Bonchev–Trinajstić information content (AvgIpc) is 3.73. The molecule has 1 aliphatic rings. The van der Waals surface area contributed by atoms with Crippen LogP contribution in [0.4, 0.5) is 25.8 Å². The minimum absolute atomic E-state index is 0.361. The van der Waals surface area contributed by atoms with Crippen molar-refractivity contribution in [2.45, 2.75) is 25.4 Å². The largest absolute Gasteiger partial charge is 0.493 e. The number of ether oxygens (including phenoxy) is 1. The van der Waals surface area contributed by atoms with E-state index in [0.29, 0.717) is 25.9 Å². The number of fused-ring (bicyclic) bond motifs is 2. The average molecular weight is 624 g/mol. The first-order valence-electron chi connectivity index (χ1n) is 15.6. The van der Waals surface area contributed by atoms with Crippen LogP contribution in [0.3, 0.4) is 0 Å². The Kier molecular flexibility index (Phi) is 9.62. The van der Waals surface area contributed by atoms with Crippen molar-refractivity contribution in [3.8, 4) is 28.3 Å². The van der Waals surface area contributed by atoms with Gasteiger partial charge in [-0.2, -0.15) is 0 Å². The quantitative estimate of drug-likeness (QED) is 0.161. The molecule has 1 aliphatic heterocycles. The molecule has 0 unspecified atom stereocenters. The number of benzene rings is 2. The second kappa shape index (κ2) is 14.3. The van der Waals surface area contributed by atoms with Crippen molar-refractivity contribution in [1.82, 2.24) is 18.8 Å². The first-order valence-corrected chi connectivity index (χ1v) is 15.6. The van der Waals surface area contributed by atoms with Crippen LogP contribution >= 0.6 is 0 Å². The van der Waals surface area contributed by atoms with Gasteiger partial charge in [-0.3, -0.25) is 4.39 Å². The smallest absolute Gasteiger partial charge is 0.139 e. The van der Waals surface area contributed by atoms with E-state index >= 15 is 0 Å². The second-order valence-corrected chi connectivity index (χ2v) is 11.2. The number of nitrogens with one attached hydrogen (secondary N) is 2. The number of halogens is 2. The Morgan fingerprint density at radius 2 is 1.39 bits per heavy atom. The summed E-state index contributed by atoms with van der Waals surface area (Å²) in [6.45, 7) is 1.61. The summed E-state index contributed by atoms with van der Waals surface area (Å²) in [7, 11) is 3.79. The van der Waals surface area contributed by atoms with Gasteiger partial charge >= 0.3 is 0 Å². The van der Waals surface area contributed by atoms with Gasteiger partial charge in [-0.1, -0.05) is 24.3 Å². The van der Waals surface area contributed by atoms with Crippen LogP contribution in [0.1, 0.15) is 19.3 Å². The summed E-state index contributed by atoms with van der Waals surface area (Å²) >= 11 is 0. The van der Waals surface area contributed by atoms with Crippen LogP contribution in [-0.2, 0) is 0 Å². The van der Waals surface area contributed by atoms with E-state index in [2.05, 4.69) is 44.8 Å². The molecule has 238 valence electrons. The normalized spacial score (nSPS) is 13.4. The number of hydrogen-bond donors (Lipinski definition) is 2. The lowest BCUT2D eigenvalue weighted by molar-refractivity contribution is 0.277. The summed E-state index contributed by atoms with van der Waals surface area (Å²) in [6.07, 6.45) is 9.02. The van der Waals surface area contributed by atoms with E-state index in [9.17, 15) is 8.78 Å². The van der Waals surface area contributed by atoms with Crippen molar-refractivity contribution in [2.75, 3.05) is 56.0 Å². The van der Waals surface area contributed by atoms with E-state index in [4.69, 9.17) is 9.72 Å². The molecule has 6 aromatic rings. The maximum atomic E-state index is 13.3. The van der Waals surface area contributed by atoms with E-state index in [-0.39, 0.29) is 6.67 Å². The van der Waals surface area contributed by atoms with E-state index in [0.717, 1.165) is 69.7 Å². The lowest BCUT2D eigenvalue weighted by atomic mass is 10.1. The number of piperidine rings is 1. The summed E-state index contributed by atoms with van der Waals surface area (Å²) in [4.78, 5) is 11.6. The molecular formula is C36H39F2N7O. The molecule has 5 heterocycles. The van der Waals surface area contributed by atoms with Gasteiger partial charge in [-0.15, -0.1) is 0 Å². The highest BCUT2D eigenvalue weighted by Crippen LogP contribution is 2.27. The number of pyridine rings is 2. The van der Waals surface area contributed by atoms with Crippen LogP contribution in [-0.4, -0.2) is 65.4 Å². The first-order chi connectivity index (χ1) is 22.5. The molecule has 2 N–H and O–H groups in total. The zero-order chi connectivity index (χ0) is 31.9. The van der Waals surface area contributed by atoms with Gasteiger partial charge in [0, 0.05) is 98.7 Å². The monoisotopic (exact) mass is 623 g/mol. The summed E-state index contributed by atoms with van der Waals surface area (Å²) in [5.74, 6) is 0.735. The molecule has 4 aromatic heterocycles. The van der Waals surface area contributed by atoms with Gasteiger partial charge in [0.15, 0.2) is 0 Å². The van der Waals surface area contributed by atoms with Gasteiger partial charge in [0.05, 0.1) is 24.7 Å². The number of nitrogens with zero attached hydrogens (tertiary/aromatic N) is 5. The van der Waals surface area contributed by atoms with Crippen molar-refractivity contribution >= 4 is 28.4 Å². The molecule has 0 spiro atoms. The molecule has 0 bridgehead atoms. The number of hydrogen-bond acceptors (Lipinski definition) is 6. The molecule has 0 amide bonds. The SMILES string of the molecule is CNc1ccn2cc(-c3ccc(N4CCC(F)CC4)cc3)nc2c1.CNc1ccn2cc(-c3cccc(OCCCF)c3)nc2c1. The molecule has 1 fully saturated rings. The maximum absolute atomic E-state index is 13.3. The Balaban J connectivity index is 0.000000162. The van der Waals surface area contributed by atoms with Crippen molar-refractivity contribution in [1.29, 1.82) is 0 Å². The highest BCUT2D eigenvalue weighted by Gasteiger charge is 2.18. The minimum atomic E-state index is -0.638. The van der Waals surface area contributed by atoms with E-state index in [1.54, 1.807) is 0 Å². The Morgan fingerprint density at radius 3 is 1.98 bits per heavy atom. The van der Waals surface area contributed by atoms with Crippen LogP contribution in [0, 0.1) is 0 Å². The van der Waals surface area contributed by atoms with Crippen LogP contribution in [0.2, 0.25) is 0 Å². The standard InChI is InChI=1S/C19H21FN4.C17H18FN3O/c1-21-16-8-11-24-13-18(22-19(24)12-16)14-2-4-17(5-3-14)23-9-6-15(20)7-10-23;1-19-14-6-8-21-12-16(20-17(21)11-14)13-4-2-5-15(10-13)22-9-3-7-18/h2-5,8,11-13,15,21H,6-7,9-10H2,1H3;2,4-6,8,10-12,19H,3,7,9H2,1H3. The van der Waals surface area contributed by atoms with E-state index in [1.807, 2.05) is 96.2 Å². The van der Waals surface area contributed by atoms with Gasteiger partial charge in [0.25, 0.3) is 0 Å². The highest BCUT2D eigenvalue weighted by atomic mass is 19.1. The number of rotatable bonds is 9. The fourth-order valence-electron chi connectivity index (χ4n) is 5.49. The molecule has 0 atom stereocenters. The number of aromatic nitrogens is 4. The molecule has 46 heavy (non-hydrogen) atoms. The van der Waals surface area contributed by atoms with Gasteiger partial charge in [0.2, 0.25) is 0 Å². The molecule has 7 rings (SSSR count).